The molecule has 1 atom stereocenters. The normalized spacial score (nSPS) is 11.3. The van der Waals surface area contributed by atoms with E-state index in [-0.39, 0.29) is 52.0 Å². The monoisotopic (exact) mass is 900 g/mol. The zero-order chi connectivity index (χ0) is 47.3. The van der Waals surface area contributed by atoms with Crippen LogP contribution >= 0.6 is 0 Å². The average Bonchev–Trinajstić information content (AvgIpc) is 3.34. The third-order valence-corrected chi connectivity index (χ3v) is 11.1. The van der Waals surface area contributed by atoms with E-state index < -0.39 is 23.8 Å². The molecule has 2 amide bonds. The van der Waals surface area contributed by atoms with Crippen molar-refractivity contribution in [3.05, 3.63) is 173 Å². The average molecular weight is 901 g/mol. The summed E-state index contributed by atoms with van der Waals surface area (Å²) in [6, 6.07) is 42.0. The van der Waals surface area contributed by atoms with Gasteiger partial charge in [-0.1, -0.05) is 106 Å². The van der Waals surface area contributed by atoms with Gasteiger partial charge in [0, 0.05) is 6.42 Å². The van der Waals surface area contributed by atoms with E-state index in [1.54, 1.807) is 60.7 Å². The van der Waals surface area contributed by atoms with E-state index in [1.165, 1.54) is 36.4 Å². The maximum absolute atomic E-state index is 14.1. The molecule has 7 aromatic carbocycles. The van der Waals surface area contributed by atoms with Crippen molar-refractivity contribution in [1.82, 2.24) is 0 Å². The molecule has 67 heavy (non-hydrogen) atoms. The van der Waals surface area contributed by atoms with Crippen molar-refractivity contribution in [1.29, 1.82) is 0 Å². The first-order valence-electron chi connectivity index (χ1n) is 22.2. The van der Waals surface area contributed by atoms with Crippen LogP contribution in [-0.4, -0.2) is 53.8 Å². The van der Waals surface area contributed by atoms with Gasteiger partial charge >= 0.3 is 11.9 Å². The summed E-state index contributed by atoms with van der Waals surface area (Å²) in [6.07, 6.45) is 3.00. The fourth-order valence-electron chi connectivity index (χ4n) is 7.08. The molecule has 0 heterocycles. The van der Waals surface area contributed by atoms with Crippen LogP contribution in [0.1, 0.15) is 87.0 Å². The SMILES string of the molecule is CCCCOc1cc(-c2ccc(C(=O)Nc3ccc(C(=O)O)cc3Oc3ccccc3)c(OCC(C)CC)c2)ccc1C(=O)Nc1ccc(C(=O)O)cc1OCCc1ccc2ccccc2c1. The third kappa shape index (κ3) is 12.2. The molecule has 7 aromatic rings. The summed E-state index contributed by atoms with van der Waals surface area (Å²) >= 11 is 0. The molecule has 342 valence electrons. The quantitative estimate of drug-likeness (QED) is 0.0509. The van der Waals surface area contributed by atoms with E-state index in [1.807, 2.05) is 56.3 Å². The fourth-order valence-corrected chi connectivity index (χ4v) is 7.08. The van der Waals surface area contributed by atoms with Crippen LogP contribution in [0.2, 0.25) is 0 Å². The third-order valence-electron chi connectivity index (χ3n) is 11.1. The number of fused-ring (bicyclic) bond motifs is 1. The highest BCUT2D eigenvalue weighted by atomic mass is 16.5. The van der Waals surface area contributed by atoms with E-state index in [0.717, 1.165) is 35.6 Å². The van der Waals surface area contributed by atoms with Crippen molar-refractivity contribution in [3.63, 3.8) is 0 Å². The molecule has 0 aliphatic heterocycles. The van der Waals surface area contributed by atoms with Crippen LogP contribution in [0.4, 0.5) is 11.4 Å². The van der Waals surface area contributed by atoms with Crippen LogP contribution in [0.3, 0.4) is 0 Å². The number of aromatic carboxylic acids is 2. The molecule has 0 aromatic heterocycles. The van der Waals surface area contributed by atoms with Crippen LogP contribution in [-0.2, 0) is 6.42 Å². The summed E-state index contributed by atoms with van der Waals surface area (Å²) in [5, 5.41) is 27.5. The molecule has 7 rings (SSSR count). The highest BCUT2D eigenvalue weighted by Gasteiger charge is 2.22. The van der Waals surface area contributed by atoms with Gasteiger partial charge in [0.15, 0.2) is 5.75 Å². The van der Waals surface area contributed by atoms with Gasteiger partial charge in [-0.25, -0.2) is 9.59 Å². The maximum atomic E-state index is 14.1. The lowest BCUT2D eigenvalue weighted by Gasteiger charge is -2.18. The lowest BCUT2D eigenvalue weighted by molar-refractivity contribution is 0.0685. The number of amides is 2. The number of carbonyl (C=O) groups is 4. The van der Waals surface area contributed by atoms with Crippen molar-refractivity contribution in [2.45, 2.75) is 46.5 Å². The van der Waals surface area contributed by atoms with E-state index in [0.29, 0.717) is 53.7 Å². The van der Waals surface area contributed by atoms with Crippen LogP contribution in [0, 0.1) is 5.92 Å². The van der Waals surface area contributed by atoms with Gasteiger partial charge in [-0.3, -0.25) is 9.59 Å². The molecule has 0 bridgehead atoms. The largest absolute Gasteiger partial charge is 0.493 e. The predicted octanol–water partition coefficient (Wildman–Crippen LogP) is 12.4. The Labute approximate surface area is 389 Å². The van der Waals surface area contributed by atoms with Gasteiger partial charge in [-0.05, 0) is 113 Å². The molecule has 0 saturated heterocycles. The van der Waals surface area contributed by atoms with Crippen molar-refractivity contribution in [2.75, 3.05) is 30.5 Å². The predicted molar refractivity (Wildman–Crippen MR) is 260 cm³/mol. The number of hydrogen-bond donors (Lipinski definition) is 4. The molecule has 0 spiro atoms. The zero-order valence-corrected chi connectivity index (χ0v) is 37.5. The number of para-hydroxylation sites is 1. The Kier molecular flexibility index (Phi) is 15.5. The Morgan fingerprint density at radius 2 is 1.12 bits per heavy atom. The molecule has 0 aliphatic carbocycles. The number of hydrogen-bond acceptors (Lipinski definition) is 8. The van der Waals surface area contributed by atoms with Gasteiger partial charge in [0.2, 0.25) is 0 Å². The molecule has 0 fully saturated rings. The highest BCUT2D eigenvalue weighted by molar-refractivity contribution is 6.09. The molecule has 0 radical (unpaired) electrons. The summed E-state index contributed by atoms with van der Waals surface area (Å²) in [4.78, 5) is 52.0. The summed E-state index contributed by atoms with van der Waals surface area (Å²) in [5.74, 6) is -1.62. The van der Waals surface area contributed by atoms with Gasteiger partial charge < -0.3 is 39.8 Å². The smallest absolute Gasteiger partial charge is 0.335 e. The second kappa shape index (κ2) is 22.2. The number of ether oxygens (including phenoxy) is 4. The topological polar surface area (TPSA) is 170 Å². The number of rotatable bonds is 21. The Morgan fingerprint density at radius 3 is 1.73 bits per heavy atom. The van der Waals surface area contributed by atoms with E-state index >= 15 is 0 Å². The van der Waals surface area contributed by atoms with Crippen LogP contribution in [0.5, 0.6) is 28.7 Å². The van der Waals surface area contributed by atoms with Crippen molar-refractivity contribution >= 4 is 45.9 Å². The van der Waals surface area contributed by atoms with E-state index in [9.17, 15) is 29.4 Å². The number of carboxylic acids is 2. The molecule has 12 heteroatoms. The Morgan fingerprint density at radius 1 is 0.552 bits per heavy atom. The maximum Gasteiger partial charge on any atom is 0.335 e. The van der Waals surface area contributed by atoms with Crippen LogP contribution in [0.15, 0.2) is 146 Å². The number of nitrogens with one attached hydrogen (secondary N) is 2. The number of unbranched alkanes of at least 4 members (excludes halogenated alkanes) is 1. The molecule has 0 aliphatic rings. The lowest BCUT2D eigenvalue weighted by atomic mass is 10.00. The number of carbonyl (C=O) groups excluding carboxylic acids is 2. The van der Waals surface area contributed by atoms with Gasteiger partial charge in [-0.15, -0.1) is 0 Å². The minimum Gasteiger partial charge on any atom is -0.493 e. The van der Waals surface area contributed by atoms with Crippen molar-refractivity contribution < 1.29 is 48.3 Å². The fraction of sp³-hybridized carbons (Fsp3) is 0.200. The van der Waals surface area contributed by atoms with Crippen molar-refractivity contribution in [3.8, 4) is 39.9 Å². The molecular weight excluding hydrogens is 849 g/mol. The van der Waals surface area contributed by atoms with Crippen molar-refractivity contribution in [2.24, 2.45) is 5.92 Å². The number of anilines is 2. The summed E-state index contributed by atoms with van der Waals surface area (Å²) in [7, 11) is 0. The van der Waals surface area contributed by atoms with Crippen LogP contribution in [0.25, 0.3) is 21.9 Å². The first-order valence-corrected chi connectivity index (χ1v) is 22.2. The highest BCUT2D eigenvalue weighted by Crippen LogP contribution is 2.36. The molecule has 12 nitrogen and oxygen atoms in total. The minimum atomic E-state index is -1.14. The molecule has 1 unspecified atom stereocenters. The Bertz CT molecular complexity index is 2900. The first kappa shape index (κ1) is 46.9. The van der Waals surface area contributed by atoms with Gasteiger partial charge in [0.05, 0.1) is 53.4 Å². The van der Waals surface area contributed by atoms with E-state index in [4.69, 9.17) is 18.9 Å². The lowest BCUT2D eigenvalue weighted by Crippen LogP contribution is -2.16. The standard InChI is InChI=1S/C55H52N2O10/c1-4-6-27-64-48-30-39(18-22-44(48)52(58)56-46-24-20-41(54(60)61)32-50(46)65-28-26-36-16-17-37-12-10-11-13-38(37)29-36)40-19-23-45(49(31-40)66-34-35(3)5-2)53(59)57-47-25-21-42(55(62)63)33-51(47)67-43-14-8-7-9-15-43/h7-25,29-33,35H,4-6,26-28,34H2,1-3H3,(H,56,58)(H,57,59)(H,60,61)(H,62,63). The molecular formula is C55H52N2O10. The van der Waals surface area contributed by atoms with Gasteiger partial charge in [-0.2, -0.15) is 0 Å². The van der Waals surface area contributed by atoms with Crippen LogP contribution < -0.4 is 29.6 Å². The van der Waals surface area contributed by atoms with E-state index in [2.05, 4.69) is 23.6 Å². The zero-order valence-electron chi connectivity index (χ0n) is 37.5. The molecule has 4 N–H and O–H groups in total. The van der Waals surface area contributed by atoms with Gasteiger partial charge in [0.25, 0.3) is 11.8 Å². The molecule has 0 saturated carbocycles. The first-order chi connectivity index (χ1) is 32.5. The summed E-state index contributed by atoms with van der Waals surface area (Å²) in [6.45, 7) is 7.06. The van der Waals surface area contributed by atoms with Gasteiger partial charge in [0.1, 0.15) is 23.0 Å². The second-order valence-corrected chi connectivity index (χ2v) is 16.1. The summed E-state index contributed by atoms with van der Waals surface area (Å²) < 4.78 is 24.7. The second-order valence-electron chi connectivity index (χ2n) is 16.1. The number of benzene rings is 7. The minimum absolute atomic E-state index is 0.0100. The Balaban J connectivity index is 1.15. The number of carboxylic acid groups (broad SMARTS) is 2. The Hall–Kier alpha value is -8.12. The summed E-state index contributed by atoms with van der Waals surface area (Å²) in [5.41, 5.74) is 3.47.